The van der Waals surface area contributed by atoms with E-state index in [0.717, 1.165) is 0 Å². The zero-order valence-electron chi connectivity index (χ0n) is 5.07. The van der Waals surface area contributed by atoms with Crippen LogP contribution in [0.15, 0.2) is 22.7 Å². The Morgan fingerprint density at radius 1 is 1.50 bits per heavy atom. The van der Waals surface area contributed by atoms with Crippen molar-refractivity contribution >= 4 is 15.9 Å². The monoisotopic (exact) mass is 198 g/mol. The summed E-state index contributed by atoms with van der Waals surface area (Å²) in [6, 6.07) is 4.23. The van der Waals surface area contributed by atoms with E-state index in [-0.39, 0.29) is 5.82 Å². The van der Waals surface area contributed by atoms with Gasteiger partial charge in [0.05, 0.1) is 0 Å². The van der Waals surface area contributed by atoms with Crippen LogP contribution in [-0.4, -0.2) is 0 Å². The van der Waals surface area contributed by atoms with Crippen molar-refractivity contribution in [3.63, 3.8) is 0 Å². The van der Waals surface area contributed by atoms with Gasteiger partial charge in [-0.15, -0.1) is 6.42 Å². The van der Waals surface area contributed by atoms with Gasteiger partial charge >= 0.3 is 0 Å². The molecule has 0 aromatic heterocycles. The summed E-state index contributed by atoms with van der Waals surface area (Å²) in [5.41, 5.74) is 0.668. The second kappa shape index (κ2) is 2.85. The molecule has 0 atom stereocenters. The normalized spacial score (nSPS) is 8.90. The average molecular weight is 199 g/mol. The minimum absolute atomic E-state index is 0.286. The fraction of sp³-hybridized carbons (Fsp3) is 0. The predicted octanol–water partition coefficient (Wildman–Crippen LogP) is 2.57. The molecule has 50 valence electrons. The molecule has 0 N–H and O–H groups in total. The summed E-state index contributed by atoms with van der Waals surface area (Å²) < 4.78 is 13.0. The third-order valence-electron chi connectivity index (χ3n) is 1.09. The van der Waals surface area contributed by atoms with Crippen LogP contribution in [-0.2, 0) is 0 Å². The molecule has 0 aliphatic carbocycles. The molecule has 0 unspecified atom stereocenters. The van der Waals surface area contributed by atoms with E-state index in [2.05, 4.69) is 21.9 Å². The Bertz CT molecular complexity index is 286. The molecule has 0 aliphatic heterocycles. The molecule has 0 nitrogen and oxygen atoms in total. The van der Waals surface area contributed by atoms with Gasteiger partial charge in [-0.05, 0) is 34.1 Å². The number of hydrogen-bond acceptors (Lipinski definition) is 0. The van der Waals surface area contributed by atoms with Crippen molar-refractivity contribution in [3.05, 3.63) is 34.1 Å². The molecule has 10 heavy (non-hydrogen) atoms. The summed E-state index contributed by atoms with van der Waals surface area (Å²) in [5.74, 6) is 2.12. The van der Waals surface area contributed by atoms with Gasteiger partial charge in [-0.25, -0.2) is 4.39 Å². The molecule has 1 rings (SSSR count). The maximum Gasteiger partial charge on any atom is 0.124 e. The Morgan fingerprint density at radius 3 is 2.70 bits per heavy atom. The summed E-state index contributed by atoms with van der Waals surface area (Å²) in [5, 5.41) is 0. The second-order valence-corrected chi connectivity index (χ2v) is 2.62. The van der Waals surface area contributed by atoms with Gasteiger partial charge in [0.15, 0.2) is 0 Å². The van der Waals surface area contributed by atoms with E-state index < -0.39 is 0 Å². The number of rotatable bonds is 0. The van der Waals surface area contributed by atoms with Gasteiger partial charge in [-0.2, -0.15) is 0 Å². The van der Waals surface area contributed by atoms with Gasteiger partial charge in [-0.1, -0.05) is 5.92 Å². The van der Waals surface area contributed by atoms with Crippen molar-refractivity contribution in [2.75, 3.05) is 0 Å². The Balaban J connectivity index is 3.23. The Kier molecular flexibility index (Phi) is 2.08. The largest absolute Gasteiger partial charge is 0.207 e. The second-order valence-electron chi connectivity index (χ2n) is 1.77. The average Bonchev–Trinajstić information content (AvgIpc) is 1.88. The number of hydrogen-bond donors (Lipinski definition) is 0. The van der Waals surface area contributed by atoms with Crippen LogP contribution >= 0.6 is 15.9 Å². The first-order valence-electron chi connectivity index (χ1n) is 2.65. The molecule has 0 heterocycles. The van der Waals surface area contributed by atoms with Crippen molar-refractivity contribution in [3.8, 4) is 12.3 Å². The molecular formula is C8H4BrF. The highest BCUT2D eigenvalue weighted by atomic mass is 79.9. The van der Waals surface area contributed by atoms with Crippen LogP contribution in [0, 0.1) is 18.2 Å². The molecule has 0 radical (unpaired) electrons. The van der Waals surface area contributed by atoms with Crippen molar-refractivity contribution in [1.82, 2.24) is 0 Å². The highest BCUT2D eigenvalue weighted by Crippen LogP contribution is 2.16. The van der Waals surface area contributed by atoms with E-state index in [4.69, 9.17) is 6.42 Å². The third-order valence-corrected chi connectivity index (χ3v) is 1.74. The van der Waals surface area contributed by atoms with Gasteiger partial charge < -0.3 is 0 Å². The zero-order chi connectivity index (χ0) is 7.56. The molecule has 0 aliphatic rings. The molecule has 2 heteroatoms. The van der Waals surface area contributed by atoms with Crippen molar-refractivity contribution in [1.29, 1.82) is 0 Å². The van der Waals surface area contributed by atoms with E-state index in [1.54, 1.807) is 6.07 Å². The van der Waals surface area contributed by atoms with Crippen molar-refractivity contribution in [2.24, 2.45) is 0 Å². The summed E-state index contributed by atoms with van der Waals surface area (Å²) in [4.78, 5) is 0. The highest BCUT2D eigenvalue weighted by molar-refractivity contribution is 9.10. The molecular weight excluding hydrogens is 195 g/mol. The first-order valence-corrected chi connectivity index (χ1v) is 3.45. The lowest BCUT2D eigenvalue weighted by Gasteiger charge is -1.93. The van der Waals surface area contributed by atoms with E-state index in [9.17, 15) is 4.39 Å². The van der Waals surface area contributed by atoms with Crippen LogP contribution < -0.4 is 0 Å². The molecule has 0 saturated carbocycles. The lowest BCUT2D eigenvalue weighted by Crippen LogP contribution is -1.78. The van der Waals surface area contributed by atoms with Gasteiger partial charge in [0.1, 0.15) is 5.82 Å². The lowest BCUT2D eigenvalue weighted by atomic mass is 10.2. The maximum atomic E-state index is 12.4. The Hall–Kier alpha value is -0.810. The van der Waals surface area contributed by atoms with E-state index >= 15 is 0 Å². The molecule has 0 spiro atoms. The first-order chi connectivity index (χ1) is 4.74. The van der Waals surface area contributed by atoms with Gasteiger partial charge in [-0.3, -0.25) is 0 Å². The van der Waals surface area contributed by atoms with Gasteiger partial charge in [0.25, 0.3) is 0 Å². The molecule has 0 bridgehead atoms. The number of halogens is 2. The fourth-order valence-electron chi connectivity index (χ4n) is 0.607. The first kappa shape index (κ1) is 7.30. The third kappa shape index (κ3) is 1.37. The topological polar surface area (TPSA) is 0 Å². The lowest BCUT2D eigenvalue weighted by molar-refractivity contribution is 0.627. The van der Waals surface area contributed by atoms with Crippen LogP contribution in [0.1, 0.15) is 5.56 Å². The standard InChI is InChI=1S/C8H4BrF/c1-2-6-3-4-7(10)5-8(6)9/h1,3-5H. The zero-order valence-corrected chi connectivity index (χ0v) is 6.65. The van der Waals surface area contributed by atoms with E-state index in [0.29, 0.717) is 10.0 Å². The molecule has 0 amide bonds. The van der Waals surface area contributed by atoms with Crippen LogP contribution in [0.5, 0.6) is 0 Å². The van der Waals surface area contributed by atoms with E-state index in [1.165, 1.54) is 12.1 Å². The quantitative estimate of drug-likeness (QED) is 0.563. The summed E-state index contributed by atoms with van der Waals surface area (Å²) >= 11 is 3.12. The van der Waals surface area contributed by atoms with Gasteiger partial charge in [0.2, 0.25) is 0 Å². The summed E-state index contributed by atoms with van der Waals surface area (Å²) in [6.45, 7) is 0. The van der Waals surface area contributed by atoms with Crippen LogP contribution in [0.25, 0.3) is 0 Å². The SMILES string of the molecule is C#Cc1ccc(F)cc1Br. The van der Waals surface area contributed by atoms with Crippen molar-refractivity contribution in [2.45, 2.75) is 0 Å². The highest BCUT2D eigenvalue weighted by Gasteiger charge is 1.96. The summed E-state index contributed by atoms with van der Waals surface area (Å²) in [7, 11) is 0. The molecule has 0 fully saturated rings. The van der Waals surface area contributed by atoms with Crippen LogP contribution in [0.3, 0.4) is 0 Å². The maximum absolute atomic E-state index is 12.4. The van der Waals surface area contributed by atoms with Crippen LogP contribution in [0.2, 0.25) is 0 Å². The smallest absolute Gasteiger partial charge is 0.124 e. The minimum Gasteiger partial charge on any atom is -0.207 e. The Morgan fingerprint density at radius 2 is 2.20 bits per heavy atom. The fourth-order valence-corrected chi connectivity index (χ4v) is 1.07. The van der Waals surface area contributed by atoms with Crippen LogP contribution in [0.4, 0.5) is 4.39 Å². The Labute approximate surface area is 67.2 Å². The minimum atomic E-state index is -0.286. The number of terminal acetylenes is 1. The summed E-state index contributed by atoms with van der Waals surface area (Å²) in [6.07, 6.45) is 5.10. The number of benzene rings is 1. The van der Waals surface area contributed by atoms with E-state index in [1.807, 2.05) is 0 Å². The molecule has 1 aromatic carbocycles. The molecule has 0 saturated heterocycles. The van der Waals surface area contributed by atoms with Gasteiger partial charge in [0, 0.05) is 10.0 Å². The predicted molar refractivity (Wildman–Crippen MR) is 42.0 cm³/mol. The molecule has 1 aromatic rings. The van der Waals surface area contributed by atoms with Crippen molar-refractivity contribution < 1.29 is 4.39 Å².